The molecule has 0 spiro atoms. The lowest BCUT2D eigenvalue weighted by Crippen LogP contribution is -2.62. The first kappa shape index (κ1) is 31.4. The fraction of sp³-hybridized carbons (Fsp3) is 0.645. The highest BCUT2D eigenvalue weighted by atomic mass is 19.4. The molecule has 2 atom stereocenters. The predicted octanol–water partition coefficient (Wildman–Crippen LogP) is 5.22. The minimum atomic E-state index is -4.44. The van der Waals surface area contributed by atoms with E-state index in [2.05, 4.69) is 32.1 Å². The average Bonchev–Trinajstić information content (AvgIpc) is 3.55. The number of carbonyl (C=O) groups is 2. The molecule has 1 unspecified atom stereocenters. The average molecular weight is 660 g/mol. The van der Waals surface area contributed by atoms with Crippen molar-refractivity contribution >= 4 is 17.5 Å². The van der Waals surface area contributed by atoms with Crippen LogP contribution in [0.25, 0.3) is 5.65 Å². The highest BCUT2D eigenvalue weighted by molar-refractivity contribution is 5.92. The lowest BCUT2D eigenvalue weighted by atomic mass is 9.36. The van der Waals surface area contributed by atoms with Crippen LogP contribution in [-0.4, -0.2) is 53.5 Å². The van der Waals surface area contributed by atoms with E-state index in [-0.39, 0.29) is 54.0 Å². The summed E-state index contributed by atoms with van der Waals surface area (Å²) in [7, 11) is 0. The molecule has 16 heteroatoms. The number of alkyl halides is 5. The zero-order chi connectivity index (χ0) is 33.2. The molecule has 250 valence electrons. The van der Waals surface area contributed by atoms with Crippen LogP contribution in [0.1, 0.15) is 104 Å². The SMILES string of the molecule is N#CC12CC(Cn3cc(C(=O)N[C@H](c4cn5ncc(C(NC(=O)CCC(F)(F)F)C6CC6)cc5n4)C4CCC(F)(F)CC4)nn3)(C1)C2. The highest BCUT2D eigenvalue weighted by Gasteiger charge is 2.68. The van der Waals surface area contributed by atoms with Crippen molar-refractivity contribution in [1.82, 2.24) is 40.2 Å². The number of nitrogens with one attached hydrogen (secondary N) is 2. The lowest BCUT2D eigenvalue weighted by molar-refractivity contribution is -0.174. The number of aromatic nitrogens is 6. The summed E-state index contributed by atoms with van der Waals surface area (Å²) in [5, 5.41) is 27.6. The molecule has 2 N–H and O–H groups in total. The van der Waals surface area contributed by atoms with Gasteiger partial charge in [0, 0.05) is 25.8 Å². The number of halogens is 5. The van der Waals surface area contributed by atoms with E-state index in [1.54, 1.807) is 23.1 Å². The molecule has 0 aromatic carbocycles. The molecule has 0 aliphatic heterocycles. The van der Waals surface area contributed by atoms with Crippen LogP contribution in [0.5, 0.6) is 0 Å². The second-order valence-corrected chi connectivity index (χ2v) is 14.1. The topological polar surface area (TPSA) is 143 Å². The molecule has 47 heavy (non-hydrogen) atoms. The predicted molar refractivity (Wildman–Crippen MR) is 153 cm³/mol. The molecular formula is C31H34F5N9O2. The van der Waals surface area contributed by atoms with Crippen molar-refractivity contribution in [3.63, 3.8) is 0 Å². The number of nitriles is 1. The number of amides is 2. The number of nitrogens with zero attached hydrogens (tertiary/aromatic N) is 7. The van der Waals surface area contributed by atoms with Crippen LogP contribution in [0, 0.1) is 34.0 Å². The van der Waals surface area contributed by atoms with Gasteiger partial charge >= 0.3 is 6.18 Å². The van der Waals surface area contributed by atoms with Gasteiger partial charge < -0.3 is 10.6 Å². The minimum Gasteiger partial charge on any atom is -0.349 e. The summed E-state index contributed by atoms with van der Waals surface area (Å²) in [5.74, 6) is -4.28. The highest BCUT2D eigenvalue weighted by Crippen LogP contribution is 2.73. The van der Waals surface area contributed by atoms with Crippen molar-refractivity contribution in [1.29, 1.82) is 5.26 Å². The van der Waals surface area contributed by atoms with Gasteiger partial charge in [-0.3, -0.25) is 14.3 Å². The Morgan fingerprint density at radius 2 is 1.74 bits per heavy atom. The van der Waals surface area contributed by atoms with E-state index in [0.717, 1.165) is 32.1 Å². The van der Waals surface area contributed by atoms with Crippen molar-refractivity contribution < 1.29 is 31.5 Å². The van der Waals surface area contributed by atoms with E-state index < -0.39 is 48.8 Å². The summed E-state index contributed by atoms with van der Waals surface area (Å²) in [6.07, 6.45) is 2.10. The first-order valence-corrected chi connectivity index (χ1v) is 15.9. The first-order chi connectivity index (χ1) is 22.2. The first-order valence-electron chi connectivity index (χ1n) is 15.9. The van der Waals surface area contributed by atoms with Crippen molar-refractivity contribution in [2.24, 2.45) is 22.7 Å². The number of fused-ring (bicyclic) bond motifs is 1. The Morgan fingerprint density at radius 1 is 1.04 bits per heavy atom. The number of rotatable bonds is 11. The zero-order valence-corrected chi connectivity index (χ0v) is 25.4. The Hall–Kier alpha value is -4.16. The Morgan fingerprint density at radius 3 is 2.40 bits per heavy atom. The quantitative estimate of drug-likeness (QED) is 0.269. The molecule has 5 aliphatic carbocycles. The molecule has 2 amide bonds. The van der Waals surface area contributed by atoms with Gasteiger partial charge in [-0.15, -0.1) is 5.10 Å². The van der Waals surface area contributed by atoms with Crippen molar-refractivity contribution in [2.75, 3.05) is 0 Å². The second kappa shape index (κ2) is 11.2. The minimum absolute atomic E-state index is 0.0137. The number of hydrogen-bond donors (Lipinski definition) is 2. The fourth-order valence-corrected chi connectivity index (χ4v) is 7.79. The summed E-state index contributed by atoms with van der Waals surface area (Å²) >= 11 is 0. The third kappa shape index (κ3) is 6.53. The van der Waals surface area contributed by atoms with Gasteiger partial charge in [-0.25, -0.2) is 18.3 Å². The van der Waals surface area contributed by atoms with Crippen LogP contribution in [0.15, 0.2) is 24.7 Å². The summed E-state index contributed by atoms with van der Waals surface area (Å²) < 4.78 is 69.3. The van der Waals surface area contributed by atoms with E-state index in [0.29, 0.717) is 23.4 Å². The van der Waals surface area contributed by atoms with Gasteiger partial charge in [-0.1, -0.05) is 5.21 Å². The van der Waals surface area contributed by atoms with Gasteiger partial charge in [0.2, 0.25) is 11.8 Å². The Balaban J connectivity index is 1.09. The molecule has 3 aromatic heterocycles. The van der Waals surface area contributed by atoms with E-state index in [1.165, 1.54) is 10.7 Å². The molecule has 11 nitrogen and oxygen atoms in total. The summed E-state index contributed by atoms with van der Waals surface area (Å²) in [5.41, 5.74) is 1.27. The number of hydrogen-bond acceptors (Lipinski definition) is 7. The smallest absolute Gasteiger partial charge is 0.349 e. The maximum Gasteiger partial charge on any atom is 0.389 e. The van der Waals surface area contributed by atoms with Gasteiger partial charge in [-0.2, -0.15) is 23.5 Å². The molecule has 0 radical (unpaired) electrons. The molecule has 8 rings (SSSR count). The second-order valence-electron chi connectivity index (χ2n) is 14.1. The lowest BCUT2D eigenvalue weighted by Gasteiger charge is -2.67. The summed E-state index contributed by atoms with van der Waals surface area (Å²) in [6, 6.07) is 2.81. The van der Waals surface area contributed by atoms with Crippen LogP contribution in [0.3, 0.4) is 0 Å². The maximum absolute atomic E-state index is 14.1. The maximum atomic E-state index is 14.1. The molecule has 3 heterocycles. The molecule has 5 fully saturated rings. The van der Waals surface area contributed by atoms with Gasteiger partial charge in [-0.05, 0) is 73.8 Å². The third-order valence-electron chi connectivity index (χ3n) is 10.2. The van der Waals surface area contributed by atoms with Gasteiger partial charge in [0.25, 0.3) is 5.91 Å². The van der Waals surface area contributed by atoms with Crippen LogP contribution in [0.4, 0.5) is 22.0 Å². The largest absolute Gasteiger partial charge is 0.389 e. The Labute approximate surface area is 266 Å². The molecular weight excluding hydrogens is 625 g/mol. The van der Waals surface area contributed by atoms with Gasteiger partial charge in [0.15, 0.2) is 11.3 Å². The van der Waals surface area contributed by atoms with Crippen molar-refractivity contribution in [2.45, 2.75) is 101 Å². The normalized spacial score (nSPS) is 26.5. The molecule has 0 saturated heterocycles. The monoisotopic (exact) mass is 659 g/mol. The van der Waals surface area contributed by atoms with E-state index in [9.17, 15) is 36.8 Å². The summed E-state index contributed by atoms with van der Waals surface area (Å²) in [4.78, 5) is 30.5. The Kier molecular flexibility index (Phi) is 7.51. The molecule has 5 saturated carbocycles. The molecule has 2 bridgehead atoms. The van der Waals surface area contributed by atoms with Gasteiger partial charge in [0.1, 0.15) is 0 Å². The van der Waals surface area contributed by atoms with Crippen LogP contribution >= 0.6 is 0 Å². The fourth-order valence-electron chi connectivity index (χ4n) is 7.79. The third-order valence-corrected chi connectivity index (χ3v) is 10.2. The van der Waals surface area contributed by atoms with E-state index in [1.807, 2.05) is 0 Å². The van der Waals surface area contributed by atoms with Crippen LogP contribution in [0.2, 0.25) is 0 Å². The van der Waals surface area contributed by atoms with Gasteiger partial charge in [0.05, 0.1) is 54.3 Å². The molecule has 3 aromatic rings. The van der Waals surface area contributed by atoms with Crippen molar-refractivity contribution in [3.8, 4) is 6.07 Å². The summed E-state index contributed by atoms with van der Waals surface area (Å²) in [6.45, 7) is 0.558. The van der Waals surface area contributed by atoms with E-state index >= 15 is 0 Å². The van der Waals surface area contributed by atoms with Crippen LogP contribution in [-0.2, 0) is 11.3 Å². The van der Waals surface area contributed by atoms with E-state index in [4.69, 9.17) is 4.98 Å². The van der Waals surface area contributed by atoms with Crippen molar-refractivity contribution in [3.05, 3.63) is 41.6 Å². The number of imidazole rings is 1. The zero-order valence-electron chi connectivity index (χ0n) is 25.4. The van der Waals surface area contributed by atoms with Crippen LogP contribution < -0.4 is 10.6 Å². The number of carbonyl (C=O) groups excluding carboxylic acids is 2. The standard InChI is InChI=1S/C31H34F5N9O2/c32-30(33)6-3-19(4-7-30)26(41-27(47)22-11-44(43-42-22)17-29-13-28(14-29,15-29)16-37)21-12-45-23(39-21)9-20(10-38-45)25(18-1-2-18)40-24(46)5-8-31(34,35)36/h9-12,18-19,25-26H,1-8,13-15,17H2,(H,40,46)(H,41,47)/t25?,26-,28?,29?/m0/s1. The molecule has 5 aliphatic rings. The Bertz CT molecular complexity index is 1710.